The largest absolute Gasteiger partial charge is 0.497 e. The molecule has 2 aromatic rings. The number of methoxy groups -OCH3 is 1. The molecule has 33 heavy (non-hydrogen) atoms. The summed E-state index contributed by atoms with van der Waals surface area (Å²) < 4.78 is 36.8. The van der Waals surface area contributed by atoms with Gasteiger partial charge in [0.15, 0.2) is 0 Å². The average molecular weight is 470 g/mol. The van der Waals surface area contributed by atoms with Gasteiger partial charge in [0.25, 0.3) is 5.91 Å². The molecule has 0 aliphatic heterocycles. The minimum atomic E-state index is -5.08. The third kappa shape index (κ3) is 8.71. The van der Waals surface area contributed by atoms with E-state index in [0.29, 0.717) is 22.7 Å². The fourth-order valence-electron chi connectivity index (χ4n) is 2.58. The lowest BCUT2D eigenvalue weighted by Crippen LogP contribution is -2.21. The number of carboxylic acid groups (broad SMARTS) is 2. The summed E-state index contributed by atoms with van der Waals surface area (Å²) in [7, 11) is 3.43. The number of aliphatic carboxylic acids is 1. The highest BCUT2D eigenvalue weighted by Gasteiger charge is 2.38. The molecule has 180 valence electrons. The molecule has 0 atom stereocenters. The molecule has 0 aromatic heterocycles. The number of hydrogen-bond donors (Lipinski definition) is 3. The molecule has 3 N–H and O–H groups in total. The molecule has 2 aromatic carbocycles. The number of carbonyl (C=O) groups excluding carboxylic acids is 1. The van der Waals surface area contributed by atoms with Gasteiger partial charge in [-0.1, -0.05) is 13.3 Å². The molecule has 0 fully saturated rings. The monoisotopic (exact) mass is 470 g/mol. The van der Waals surface area contributed by atoms with Crippen LogP contribution in [0.25, 0.3) is 0 Å². The summed E-state index contributed by atoms with van der Waals surface area (Å²) in [5.41, 5.74) is 1.70. The van der Waals surface area contributed by atoms with Crippen LogP contribution < -0.4 is 15.0 Å². The van der Waals surface area contributed by atoms with Gasteiger partial charge in [-0.3, -0.25) is 4.79 Å². The predicted molar refractivity (Wildman–Crippen MR) is 116 cm³/mol. The Morgan fingerprint density at radius 2 is 1.64 bits per heavy atom. The Morgan fingerprint density at radius 1 is 1.06 bits per heavy atom. The summed E-state index contributed by atoms with van der Waals surface area (Å²) in [6, 6.07) is 11.6. The Morgan fingerprint density at radius 3 is 2.09 bits per heavy atom. The number of hydrogen-bond acceptors (Lipinski definition) is 5. The molecular formula is C22H25F3N2O6. The topological polar surface area (TPSA) is 116 Å². The number of nitrogens with one attached hydrogen (secondary N) is 1. The van der Waals surface area contributed by atoms with Crippen molar-refractivity contribution >= 4 is 29.2 Å². The first-order valence-electron chi connectivity index (χ1n) is 9.74. The van der Waals surface area contributed by atoms with Crippen LogP contribution in [0.2, 0.25) is 0 Å². The van der Waals surface area contributed by atoms with Gasteiger partial charge in [0, 0.05) is 24.8 Å². The summed E-state index contributed by atoms with van der Waals surface area (Å²) in [4.78, 5) is 34.8. The van der Waals surface area contributed by atoms with Crippen molar-refractivity contribution < 1.29 is 42.5 Å². The summed E-state index contributed by atoms with van der Waals surface area (Å²) in [6.07, 6.45) is -3.08. The van der Waals surface area contributed by atoms with Crippen LogP contribution >= 0.6 is 0 Å². The molecule has 0 aliphatic rings. The van der Waals surface area contributed by atoms with Crippen LogP contribution in [0.1, 0.15) is 40.5 Å². The molecule has 11 heteroatoms. The maximum absolute atomic E-state index is 12.3. The van der Waals surface area contributed by atoms with Gasteiger partial charge in [0.1, 0.15) is 5.75 Å². The van der Waals surface area contributed by atoms with E-state index < -0.39 is 18.1 Å². The van der Waals surface area contributed by atoms with Crippen LogP contribution in [0.3, 0.4) is 0 Å². The van der Waals surface area contributed by atoms with Crippen LogP contribution in [0, 0.1) is 0 Å². The van der Waals surface area contributed by atoms with Gasteiger partial charge in [-0.2, -0.15) is 13.2 Å². The Labute approximate surface area is 188 Å². The lowest BCUT2D eigenvalue weighted by Gasteiger charge is -2.21. The fraction of sp³-hybridized carbons (Fsp3) is 0.318. The normalized spacial score (nSPS) is 10.5. The van der Waals surface area contributed by atoms with Crippen molar-refractivity contribution in [1.29, 1.82) is 0 Å². The molecule has 1 amide bonds. The first kappa shape index (κ1) is 27.3. The van der Waals surface area contributed by atoms with E-state index in [9.17, 15) is 27.9 Å². The number of ether oxygens (including phenoxy) is 1. The first-order valence-corrected chi connectivity index (χ1v) is 9.74. The second-order valence-corrected chi connectivity index (χ2v) is 6.80. The molecule has 2 rings (SSSR count). The molecule has 0 spiro atoms. The minimum absolute atomic E-state index is 0.163. The number of unbranched alkanes of at least 4 members (excludes halogenated alkanes) is 1. The smallest absolute Gasteiger partial charge is 0.490 e. The van der Waals surface area contributed by atoms with Gasteiger partial charge >= 0.3 is 18.1 Å². The zero-order valence-corrected chi connectivity index (χ0v) is 18.3. The minimum Gasteiger partial charge on any atom is -0.497 e. The fourth-order valence-corrected chi connectivity index (χ4v) is 2.58. The van der Waals surface area contributed by atoms with Crippen molar-refractivity contribution in [2.45, 2.75) is 25.9 Å². The second kappa shape index (κ2) is 12.3. The Kier molecular flexibility index (Phi) is 10.2. The zero-order valence-electron chi connectivity index (χ0n) is 18.3. The molecule has 0 saturated carbocycles. The van der Waals surface area contributed by atoms with E-state index in [1.54, 1.807) is 43.5 Å². The summed E-state index contributed by atoms with van der Waals surface area (Å²) >= 11 is 0. The number of nitrogens with zero attached hydrogens (tertiary/aromatic N) is 1. The first-order chi connectivity index (χ1) is 15.4. The number of carbonyl (C=O) groups is 3. The number of rotatable bonds is 8. The van der Waals surface area contributed by atoms with Crippen LogP contribution in [0.5, 0.6) is 5.75 Å². The van der Waals surface area contributed by atoms with E-state index in [4.69, 9.17) is 14.6 Å². The van der Waals surface area contributed by atoms with Gasteiger partial charge < -0.3 is 25.2 Å². The Balaban J connectivity index is 0.000000675. The molecule has 0 heterocycles. The summed E-state index contributed by atoms with van der Waals surface area (Å²) in [5, 5.41) is 19.4. The van der Waals surface area contributed by atoms with Crippen LogP contribution in [-0.4, -0.2) is 54.9 Å². The van der Waals surface area contributed by atoms with E-state index >= 15 is 0 Å². The van der Waals surface area contributed by atoms with Gasteiger partial charge in [0.05, 0.1) is 18.4 Å². The van der Waals surface area contributed by atoms with Crippen LogP contribution in [0.4, 0.5) is 24.5 Å². The van der Waals surface area contributed by atoms with Gasteiger partial charge in [0.2, 0.25) is 0 Å². The predicted octanol–water partition coefficient (Wildman–Crippen LogP) is 4.52. The third-order valence-corrected chi connectivity index (χ3v) is 4.34. The number of anilines is 2. The second-order valence-electron chi connectivity index (χ2n) is 6.80. The zero-order chi connectivity index (χ0) is 25.2. The van der Waals surface area contributed by atoms with Crippen molar-refractivity contribution in [1.82, 2.24) is 0 Å². The molecule has 0 aliphatic carbocycles. The van der Waals surface area contributed by atoms with Crippen molar-refractivity contribution in [3.05, 3.63) is 53.6 Å². The lowest BCUT2D eigenvalue weighted by molar-refractivity contribution is -0.192. The maximum atomic E-state index is 12.3. The van der Waals surface area contributed by atoms with E-state index in [0.717, 1.165) is 19.4 Å². The van der Waals surface area contributed by atoms with Gasteiger partial charge in [-0.05, 0) is 48.9 Å². The summed E-state index contributed by atoms with van der Waals surface area (Å²) in [6.45, 7) is 2.86. The Bertz CT molecular complexity index is 962. The Hall–Kier alpha value is -3.76. The quantitative estimate of drug-likeness (QED) is 0.520. The number of halogens is 3. The van der Waals surface area contributed by atoms with Crippen LogP contribution in [-0.2, 0) is 4.79 Å². The molecule has 8 nitrogen and oxygen atoms in total. The molecule has 0 saturated heterocycles. The number of aromatic carboxylic acids is 1. The van der Waals surface area contributed by atoms with Gasteiger partial charge in [-0.25, -0.2) is 9.59 Å². The average Bonchev–Trinajstić information content (AvgIpc) is 2.77. The van der Waals surface area contributed by atoms with Crippen molar-refractivity contribution in [3.63, 3.8) is 0 Å². The van der Waals surface area contributed by atoms with E-state index in [1.807, 2.05) is 11.9 Å². The highest BCUT2D eigenvalue weighted by molar-refractivity contribution is 6.05. The number of carboxylic acids is 2. The highest BCUT2D eigenvalue weighted by atomic mass is 19.4. The number of amides is 1. The van der Waals surface area contributed by atoms with E-state index in [2.05, 4.69) is 12.2 Å². The standard InChI is InChI=1S/C20H24N2O4.C2HF3O2/c1-4-5-12-22(2)18-11-8-15(13-17(18)20(24)25)21-19(23)14-6-9-16(26-3)10-7-14;3-2(4,5)1(6)7/h6-11,13H,4-5,12H2,1-3H3,(H,21,23)(H,24,25);(H,6,7). The summed E-state index contributed by atoms with van der Waals surface area (Å²) in [5.74, 6) is -3.43. The van der Waals surface area contributed by atoms with Crippen LogP contribution in [0.15, 0.2) is 42.5 Å². The lowest BCUT2D eigenvalue weighted by atomic mass is 10.1. The number of benzene rings is 2. The van der Waals surface area contributed by atoms with Crippen molar-refractivity contribution in [2.75, 3.05) is 30.9 Å². The van der Waals surface area contributed by atoms with E-state index in [-0.39, 0.29) is 11.5 Å². The van der Waals surface area contributed by atoms with Crippen molar-refractivity contribution in [2.24, 2.45) is 0 Å². The van der Waals surface area contributed by atoms with Gasteiger partial charge in [-0.15, -0.1) is 0 Å². The molecule has 0 bridgehead atoms. The maximum Gasteiger partial charge on any atom is 0.490 e. The molecule has 0 radical (unpaired) electrons. The third-order valence-electron chi connectivity index (χ3n) is 4.34. The van der Waals surface area contributed by atoms with E-state index in [1.165, 1.54) is 6.07 Å². The highest BCUT2D eigenvalue weighted by Crippen LogP contribution is 2.25. The number of alkyl halides is 3. The molecular weight excluding hydrogens is 445 g/mol. The van der Waals surface area contributed by atoms with Crippen molar-refractivity contribution in [3.8, 4) is 5.75 Å². The SMILES string of the molecule is CCCCN(C)c1ccc(NC(=O)c2ccc(OC)cc2)cc1C(=O)O.O=C(O)C(F)(F)F. The molecule has 0 unspecified atom stereocenters.